The molecule has 0 atom stereocenters. The van der Waals surface area contributed by atoms with Crippen molar-refractivity contribution in [1.29, 1.82) is 0 Å². The number of nitrogens with zero attached hydrogens (tertiary/aromatic N) is 2. The molecule has 3 nitrogen and oxygen atoms in total. The normalized spacial score (nSPS) is 10.4. The summed E-state index contributed by atoms with van der Waals surface area (Å²) >= 11 is 1.69. The largest absolute Gasteiger partial charge is 0.395 e. The monoisotopic (exact) mass is 282 g/mol. The summed E-state index contributed by atoms with van der Waals surface area (Å²) in [5, 5.41) is 16.4. The molecule has 0 aliphatic rings. The number of fused-ring (bicyclic) bond motifs is 1. The van der Waals surface area contributed by atoms with Gasteiger partial charge < -0.3 is 5.11 Å². The molecule has 4 heteroatoms. The Morgan fingerprint density at radius 1 is 1.25 bits per heavy atom. The van der Waals surface area contributed by atoms with Crippen LogP contribution < -0.4 is 0 Å². The zero-order chi connectivity index (χ0) is 13.8. The topological polar surface area (TPSA) is 38.0 Å². The summed E-state index contributed by atoms with van der Waals surface area (Å²) < 4.78 is 2.00. The third-order valence-electron chi connectivity index (χ3n) is 3.05. The lowest BCUT2D eigenvalue weighted by molar-refractivity contribution is 0.305. The summed E-state index contributed by atoms with van der Waals surface area (Å²) in [5.41, 5.74) is 2.16. The molecule has 0 saturated heterocycles. The SMILES string of the molecule is OCCC#Cc1ccsc1Cn1ncc2ccccc21. The van der Waals surface area contributed by atoms with E-state index in [-0.39, 0.29) is 6.61 Å². The maximum absolute atomic E-state index is 8.78. The number of aliphatic hydroxyl groups excluding tert-OH is 1. The molecule has 1 N–H and O–H groups in total. The Balaban J connectivity index is 1.89. The fourth-order valence-electron chi connectivity index (χ4n) is 2.08. The molecular weight excluding hydrogens is 268 g/mol. The molecule has 0 amide bonds. The first kappa shape index (κ1) is 12.9. The fourth-order valence-corrected chi connectivity index (χ4v) is 2.89. The highest BCUT2D eigenvalue weighted by molar-refractivity contribution is 7.10. The number of thiophene rings is 1. The quantitative estimate of drug-likeness (QED) is 0.750. The van der Waals surface area contributed by atoms with Crippen molar-refractivity contribution < 1.29 is 5.11 Å². The van der Waals surface area contributed by atoms with Crippen LogP contribution in [0.3, 0.4) is 0 Å². The molecule has 0 fully saturated rings. The first-order valence-electron chi connectivity index (χ1n) is 6.45. The van der Waals surface area contributed by atoms with Crippen LogP contribution in [0.15, 0.2) is 41.9 Å². The maximum atomic E-state index is 8.78. The second-order valence-electron chi connectivity index (χ2n) is 4.39. The predicted octanol–water partition coefficient (Wildman–Crippen LogP) is 2.88. The molecule has 0 spiro atoms. The molecule has 0 aliphatic carbocycles. The van der Waals surface area contributed by atoms with Gasteiger partial charge in [-0.15, -0.1) is 11.3 Å². The van der Waals surface area contributed by atoms with E-state index in [0.29, 0.717) is 6.42 Å². The van der Waals surface area contributed by atoms with Crippen molar-refractivity contribution in [3.8, 4) is 11.8 Å². The summed E-state index contributed by atoms with van der Waals surface area (Å²) in [7, 11) is 0. The van der Waals surface area contributed by atoms with E-state index in [1.54, 1.807) is 11.3 Å². The summed E-state index contributed by atoms with van der Waals surface area (Å²) in [6, 6.07) is 10.2. The standard InChI is InChI=1S/C16H14N2OS/c19-9-4-3-5-13-8-10-20-16(13)12-18-15-7-2-1-6-14(15)11-17-18/h1-2,6-8,10-11,19H,4,9,12H2. The molecule has 100 valence electrons. The van der Waals surface area contributed by atoms with Gasteiger partial charge in [-0.2, -0.15) is 5.10 Å². The summed E-state index contributed by atoms with van der Waals surface area (Å²) in [5.74, 6) is 6.09. The Morgan fingerprint density at radius 2 is 2.15 bits per heavy atom. The number of benzene rings is 1. The average molecular weight is 282 g/mol. The lowest BCUT2D eigenvalue weighted by Crippen LogP contribution is -2.00. The molecule has 2 aromatic heterocycles. The highest BCUT2D eigenvalue weighted by atomic mass is 32.1. The molecule has 1 aromatic carbocycles. The number of hydrogen-bond donors (Lipinski definition) is 1. The Kier molecular flexibility index (Phi) is 3.82. The molecule has 0 unspecified atom stereocenters. The van der Waals surface area contributed by atoms with Gasteiger partial charge in [0, 0.05) is 22.2 Å². The van der Waals surface area contributed by atoms with Gasteiger partial charge in [-0.25, -0.2) is 0 Å². The highest BCUT2D eigenvalue weighted by Crippen LogP contribution is 2.20. The van der Waals surface area contributed by atoms with Crippen LogP contribution in [0.4, 0.5) is 0 Å². The summed E-state index contributed by atoms with van der Waals surface area (Å²) in [4.78, 5) is 1.20. The van der Waals surface area contributed by atoms with Crippen LogP contribution in [0.2, 0.25) is 0 Å². The van der Waals surface area contributed by atoms with Gasteiger partial charge in [0.2, 0.25) is 0 Å². The minimum atomic E-state index is 0.107. The van der Waals surface area contributed by atoms with Gasteiger partial charge in [-0.05, 0) is 17.5 Å². The number of rotatable bonds is 3. The maximum Gasteiger partial charge on any atom is 0.0772 e. The molecular formula is C16H14N2OS. The molecule has 20 heavy (non-hydrogen) atoms. The Labute approximate surface area is 121 Å². The summed E-state index contributed by atoms with van der Waals surface area (Å²) in [6.07, 6.45) is 2.40. The fraction of sp³-hybridized carbons (Fsp3) is 0.188. The zero-order valence-corrected chi connectivity index (χ0v) is 11.7. The minimum Gasteiger partial charge on any atom is -0.395 e. The Hall–Kier alpha value is -2.09. The van der Waals surface area contributed by atoms with Gasteiger partial charge in [0.25, 0.3) is 0 Å². The molecule has 3 rings (SSSR count). The highest BCUT2D eigenvalue weighted by Gasteiger charge is 2.06. The molecule has 3 aromatic rings. The number of para-hydroxylation sites is 1. The molecule has 2 heterocycles. The van der Waals surface area contributed by atoms with E-state index in [1.807, 2.05) is 34.5 Å². The van der Waals surface area contributed by atoms with Crippen LogP contribution in [0.1, 0.15) is 16.9 Å². The number of hydrogen-bond acceptors (Lipinski definition) is 3. The minimum absolute atomic E-state index is 0.107. The van der Waals surface area contributed by atoms with Crippen molar-refractivity contribution >= 4 is 22.2 Å². The van der Waals surface area contributed by atoms with Crippen molar-refractivity contribution in [2.45, 2.75) is 13.0 Å². The van der Waals surface area contributed by atoms with E-state index in [9.17, 15) is 0 Å². The molecule has 0 bridgehead atoms. The predicted molar refractivity (Wildman–Crippen MR) is 81.7 cm³/mol. The van der Waals surface area contributed by atoms with Crippen LogP contribution >= 0.6 is 11.3 Å². The van der Waals surface area contributed by atoms with Gasteiger partial charge in [0.15, 0.2) is 0 Å². The van der Waals surface area contributed by atoms with Gasteiger partial charge in [-0.3, -0.25) is 4.68 Å². The van der Waals surface area contributed by atoms with Crippen molar-refractivity contribution in [1.82, 2.24) is 9.78 Å². The third kappa shape index (κ3) is 2.60. The van der Waals surface area contributed by atoms with E-state index in [0.717, 1.165) is 23.0 Å². The Bertz CT molecular complexity index is 776. The molecule has 0 radical (unpaired) electrons. The second kappa shape index (κ2) is 5.91. The van der Waals surface area contributed by atoms with E-state index < -0.39 is 0 Å². The van der Waals surface area contributed by atoms with Gasteiger partial charge in [0.1, 0.15) is 0 Å². The molecule has 0 aliphatic heterocycles. The van der Waals surface area contributed by atoms with E-state index in [4.69, 9.17) is 5.11 Å². The van der Waals surface area contributed by atoms with E-state index in [1.165, 1.54) is 4.88 Å². The average Bonchev–Trinajstić information content (AvgIpc) is 3.08. The Morgan fingerprint density at radius 3 is 3.05 bits per heavy atom. The zero-order valence-electron chi connectivity index (χ0n) is 10.9. The smallest absolute Gasteiger partial charge is 0.0772 e. The second-order valence-corrected chi connectivity index (χ2v) is 5.39. The number of aliphatic hydroxyl groups is 1. The summed E-state index contributed by atoms with van der Waals surface area (Å²) in [6.45, 7) is 0.838. The first-order chi connectivity index (χ1) is 9.88. The first-order valence-corrected chi connectivity index (χ1v) is 7.33. The van der Waals surface area contributed by atoms with Crippen molar-refractivity contribution in [3.63, 3.8) is 0 Å². The van der Waals surface area contributed by atoms with Crippen LogP contribution in [-0.4, -0.2) is 21.5 Å². The van der Waals surface area contributed by atoms with Crippen LogP contribution in [-0.2, 0) is 6.54 Å². The van der Waals surface area contributed by atoms with Crippen molar-refractivity contribution in [3.05, 3.63) is 52.3 Å². The third-order valence-corrected chi connectivity index (χ3v) is 3.96. The van der Waals surface area contributed by atoms with E-state index >= 15 is 0 Å². The van der Waals surface area contributed by atoms with Crippen molar-refractivity contribution in [2.24, 2.45) is 0 Å². The van der Waals surface area contributed by atoms with Crippen LogP contribution in [0, 0.1) is 11.8 Å². The lowest BCUT2D eigenvalue weighted by atomic mass is 10.2. The lowest BCUT2D eigenvalue weighted by Gasteiger charge is -2.02. The van der Waals surface area contributed by atoms with Gasteiger partial charge in [-0.1, -0.05) is 30.0 Å². The molecule has 0 saturated carbocycles. The van der Waals surface area contributed by atoms with Crippen molar-refractivity contribution in [2.75, 3.05) is 6.61 Å². The van der Waals surface area contributed by atoms with Crippen LogP contribution in [0.5, 0.6) is 0 Å². The van der Waals surface area contributed by atoms with E-state index in [2.05, 4.69) is 29.1 Å². The van der Waals surface area contributed by atoms with Gasteiger partial charge in [0.05, 0.1) is 24.9 Å². The van der Waals surface area contributed by atoms with Gasteiger partial charge >= 0.3 is 0 Å². The van der Waals surface area contributed by atoms with Crippen LogP contribution in [0.25, 0.3) is 10.9 Å². The number of aromatic nitrogens is 2.